The lowest BCUT2D eigenvalue weighted by Crippen LogP contribution is -2.29. The number of aromatic nitrogens is 1. The molecule has 6 nitrogen and oxygen atoms in total. The minimum Gasteiger partial charge on any atom is -0.507 e. The minimum atomic E-state index is -0.910. The summed E-state index contributed by atoms with van der Waals surface area (Å²) in [5.74, 6) is -1.77. The molecule has 1 saturated heterocycles. The van der Waals surface area contributed by atoms with Crippen LogP contribution in [0.2, 0.25) is 0 Å². The molecule has 188 valence electrons. The van der Waals surface area contributed by atoms with Gasteiger partial charge < -0.3 is 9.84 Å². The summed E-state index contributed by atoms with van der Waals surface area (Å²) in [7, 11) is 0. The molecular formula is C28H22FIN2O4S. The number of halogens is 2. The van der Waals surface area contributed by atoms with Crippen molar-refractivity contribution >= 4 is 66.7 Å². The number of hydrogen-bond donors (Lipinski definition) is 1. The number of ketones is 1. The Morgan fingerprint density at radius 2 is 1.92 bits per heavy atom. The number of hydrogen-bond acceptors (Lipinski definition) is 6. The highest BCUT2D eigenvalue weighted by Crippen LogP contribution is 2.44. The number of anilines is 1. The second-order valence-corrected chi connectivity index (χ2v) is 10.8. The largest absolute Gasteiger partial charge is 0.507 e. The minimum absolute atomic E-state index is 0.0395. The maximum absolute atomic E-state index is 13.8. The van der Waals surface area contributed by atoms with E-state index in [0.29, 0.717) is 33.7 Å². The second kappa shape index (κ2) is 10.6. The number of aliphatic hydroxyl groups excluding tert-OH is 1. The Bertz CT molecular complexity index is 1530. The van der Waals surface area contributed by atoms with Gasteiger partial charge in [-0.3, -0.25) is 14.5 Å². The van der Waals surface area contributed by atoms with Crippen LogP contribution in [0.15, 0.2) is 72.3 Å². The third kappa shape index (κ3) is 4.97. The van der Waals surface area contributed by atoms with E-state index in [-0.39, 0.29) is 16.5 Å². The first kappa shape index (κ1) is 25.3. The van der Waals surface area contributed by atoms with Crippen molar-refractivity contribution in [3.63, 3.8) is 0 Å². The molecule has 37 heavy (non-hydrogen) atoms. The standard InChI is InChI=1S/C28H22FIN2O4S/c1-2-3-13-36-20-6-4-5-17(14-20)25(33)23-24(16-7-10-19(30)11-8-16)32(27(35)26(23)34)28-31-21-12-9-18(29)15-22(21)37-28/h4-12,14-15,24,33H,2-3,13H2,1H3. The fraction of sp³-hybridized carbons (Fsp3) is 0.179. The molecule has 1 amide bonds. The van der Waals surface area contributed by atoms with Crippen LogP contribution in [0.1, 0.15) is 36.9 Å². The lowest BCUT2D eigenvalue weighted by molar-refractivity contribution is -0.132. The predicted molar refractivity (Wildman–Crippen MR) is 150 cm³/mol. The Kier molecular flexibility index (Phi) is 7.25. The van der Waals surface area contributed by atoms with Crippen molar-refractivity contribution in [3.05, 3.63) is 92.8 Å². The second-order valence-electron chi connectivity index (χ2n) is 8.56. The molecule has 2 heterocycles. The van der Waals surface area contributed by atoms with Crippen LogP contribution < -0.4 is 9.64 Å². The van der Waals surface area contributed by atoms with Crippen molar-refractivity contribution in [1.82, 2.24) is 4.98 Å². The van der Waals surface area contributed by atoms with Crippen molar-refractivity contribution in [1.29, 1.82) is 0 Å². The van der Waals surface area contributed by atoms with Crippen LogP contribution in [-0.4, -0.2) is 28.4 Å². The molecule has 1 atom stereocenters. The van der Waals surface area contributed by atoms with Crippen LogP contribution in [-0.2, 0) is 9.59 Å². The zero-order valence-corrected chi connectivity index (χ0v) is 22.8. The van der Waals surface area contributed by atoms with Crippen LogP contribution in [0.4, 0.5) is 9.52 Å². The number of benzene rings is 3. The summed E-state index contributed by atoms with van der Waals surface area (Å²) in [5.41, 5.74) is 1.49. The van der Waals surface area contributed by atoms with E-state index in [1.54, 1.807) is 24.3 Å². The third-order valence-electron chi connectivity index (χ3n) is 6.05. The Morgan fingerprint density at radius 1 is 1.14 bits per heavy atom. The van der Waals surface area contributed by atoms with Gasteiger partial charge in [0.25, 0.3) is 5.78 Å². The fourth-order valence-corrected chi connectivity index (χ4v) is 5.58. The van der Waals surface area contributed by atoms with Crippen LogP contribution in [0.25, 0.3) is 16.0 Å². The van der Waals surface area contributed by atoms with E-state index in [1.807, 2.05) is 24.3 Å². The van der Waals surface area contributed by atoms with Crippen LogP contribution in [0.5, 0.6) is 5.75 Å². The number of nitrogens with zero attached hydrogens (tertiary/aromatic N) is 2. The van der Waals surface area contributed by atoms with E-state index in [4.69, 9.17) is 4.74 Å². The van der Waals surface area contributed by atoms with Gasteiger partial charge in [0, 0.05) is 9.13 Å². The Morgan fingerprint density at radius 3 is 2.68 bits per heavy atom. The SMILES string of the molecule is CCCCOc1cccc(C(O)=C2C(=O)C(=O)N(c3nc4ccc(F)cc4s3)C2c2ccc(I)cc2)c1. The number of unbranched alkanes of at least 4 members (excludes halogenated alkanes) is 1. The average molecular weight is 628 g/mol. The van der Waals surface area contributed by atoms with E-state index in [1.165, 1.54) is 23.1 Å². The van der Waals surface area contributed by atoms with Gasteiger partial charge in [0.15, 0.2) is 5.13 Å². The maximum atomic E-state index is 13.8. The predicted octanol–water partition coefficient (Wildman–Crippen LogP) is 6.85. The van der Waals surface area contributed by atoms with Gasteiger partial charge in [-0.1, -0.05) is 48.9 Å². The molecule has 1 unspecified atom stereocenters. The van der Waals surface area contributed by atoms with Crippen molar-refractivity contribution < 1.29 is 23.8 Å². The van der Waals surface area contributed by atoms with Gasteiger partial charge in [-0.2, -0.15) is 0 Å². The number of rotatable bonds is 7. The molecule has 1 fully saturated rings. The third-order valence-corrected chi connectivity index (χ3v) is 7.79. The van der Waals surface area contributed by atoms with Gasteiger partial charge in [-0.05, 0) is 77.0 Å². The first-order valence-electron chi connectivity index (χ1n) is 11.7. The number of Topliss-reactive ketones (excluding diaryl/α,β-unsaturated/α-hetero) is 1. The van der Waals surface area contributed by atoms with Gasteiger partial charge in [-0.25, -0.2) is 9.37 Å². The van der Waals surface area contributed by atoms with Crippen molar-refractivity contribution in [2.45, 2.75) is 25.8 Å². The summed E-state index contributed by atoms with van der Waals surface area (Å²) in [4.78, 5) is 32.6. The number of ether oxygens (including phenoxy) is 1. The summed E-state index contributed by atoms with van der Waals surface area (Å²) in [5, 5.41) is 11.6. The molecule has 0 aliphatic carbocycles. The Balaban J connectivity index is 1.64. The van der Waals surface area contributed by atoms with E-state index < -0.39 is 23.5 Å². The molecule has 1 aliphatic heterocycles. The molecular weight excluding hydrogens is 606 g/mol. The number of carbonyl (C=O) groups is 2. The number of thiazole rings is 1. The monoisotopic (exact) mass is 628 g/mol. The quantitative estimate of drug-likeness (QED) is 0.0797. The van der Waals surface area contributed by atoms with E-state index in [2.05, 4.69) is 34.5 Å². The first-order chi connectivity index (χ1) is 17.9. The fourth-order valence-electron chi connectivity index (χ4n) is 4.20. The number of carbonyl (C=O) groups excluding carboxylic acids is 2. The highest BCUT2D eigenvalue weighted by atomic mass is 127. The molecule has 9 heteroatoms. The number of amides is 1. The summed E-state index contributed by atoms with van der Waals surface area (Å²) >= 11 is 3.29. The van der Waals surface area contributed by atoms with Gasteiger partial charge in [0.2, 0.25) is 0 Å². The molecule has 1 aliphatic rings. The zero-order chi connectivity index (χ0) is 26.1. The highest BCUT2D eigenvalue weighted by molar-refractivity contribution is 14.1. The summed E-state index contributed by atoms with van der Waals surface area (Å²) in [6.45, 7) is 2.60. The number of aliphatic hydroxyl groups is 1. The Labute approximate surface area is 230 Å². The van der Waals surface area contributed by atoms with Gasteiger partial charge in [0.1, 0.15) is 17.3 Å². The molecule has 1 aromatic heterocycles. The first-order valence-corrected chi connectivity index (χ1v) is 13.6. The lowest BCUT2D eigenvalue weighted by atomic mass is 9.95. The molecule has 0 saturated carbocycles. The van der Waals surface area contributed by atoms with E-state index >= 15 is 0 Å². The molecule has 0 bridgehead atoms. The highest BCUT2D eigenvalue weighted by Gasteiger charge is 2.48. The summed E-state index contributed by atoms with van der Waals surface area (Å²) in [6, 6.07) is 17.5. The normalized spacial score (nSPS) is 17.1. The van der Waals surface area contributed by atoms with Crippen LogP contribution in [0, 0.1) is 9.39 Å². The molecule has 0 radical (unpaired) electrons. The maximum Gasteiger partial charge on any atom is 0.301 e. The van der Waals surface area contributed by atoms with Crippen molar-refractivity contribution in [2.75, 3.05) is 11.5 Å². The van der Waals surface area contributed by atoms with E-state index in [9.17, 15) is 19.1 Å². The van der Waals surface area contributed by atoms with Crippen LogP contribution in [0.3, 0.4) is 0 Å². The van der Waals surface area contributed by atoms with Crippen molar-refractivity contribution in [2.24, 2.45) is 0 Å². The van der Waals surface area contributed by atoms with Gasteiger partial charge >= 0.3 is 5.91 Å². The summed E-state index contributed by atoms with van der Waals surface area (Å²) < 4.78 is 21.1. The van der Waals surface area contributed by atoms with Gasteiger partial charge in [0.05, 0.1) is 28.4 Å². The van der Waals surface area contributed by atoms with E-state index in [0.717, 1.165) is 27.7 Å². The van der Waals surface area contributed by atoms with Crippen LogP contribution >= 0.6 is 33.9 Å². The average Bonchev–Trinajstić information content (AvgIpc) is 3.42. The summed E-state index contributed by atoms with van der Waals surface area (Å²) in [6.07, 6.45) is 1.87. The topological polar surface area (TPSA) is 79.7 Å². The zero-order valence-electron chi connectivity index (χ0n) is 19.8. The smallest absolute Gasteiger partial charge is 0.301 e. The van der Waals surface area contributed by atoms with Crippen molar-refractivity contribution in [3.8, 4) is 5.75 Å². The lowest BCUT2D eigenvalue weighted by Gasteiger charge is -2.23. The molecule has 1 N–H and O–H groups in total. The Hall–Kier alpha value is -3.31. The molecule has 4 aromatic rings. The molecule has 5 rings (SSSR count). The number of fused-ring (bicyclic) bond motifs is 1. The molecule has 3 aromatic carbocycles. The van der Waals surface area contributed by atoms with Gasteiger partial charge in [-0.15, -0.1) is 0 Å². The molecule has 0 spiro atoms.